The molecule has 0 aliphatic heterocycles. The van der Waals surface area contributed by atoms with Crippen LogP contribution in [0.15, 0.2) is 22.7 Å². The first kappa shape index (κ1) is 11.4. The molecule has 6 heteroatoms. The van der Waals surface area contributed by atoms with Crippen LogP contribution in [0.3, 0.4) is 0 Å². The SMILES string of the molecule is COCc1noc(-c2ccc(OC)cc2O)n1. The Bertz CT molecular complexity index is 510. The number of methoxy groups -OCH3 is 2. The molecule has 0 bridgehead atoms. The van der Waals surface area contributed by atoms with E-state index in [1.54, 1.807) is 19.2 Å². The Balaban J connectivity index is 2.32. The smallest absolute Gasteiger partial charge is 0.261 e. The van der Waals surface area contributed by atoms with E-state index in [0.717, 1.165) is 0 Å². The van der Waals surface area contributed by atoms with Gasteiger partial charge in [-0.15, -0.1) is 0 Å². The average molecular weight is 236 g/mol. The van der Waals surface area contributed by atoms with Crippen molar-refractivity contribution in [2.75, 3.05) is 14.2 Å². The largest absolute Gasteiger partial charge is 0.507 e. The molecular weight excluding hydrogens is 224 g/mol. The molecule has 90 valence electrons. The molecule has 0 fully saturated rings. The van der Waals surface area contributed by atoms with Crippen molar-refractivity contribution < 1.29 is 19.1 Å². The molecule has 0 aliphatic rings. The summed E-state index contributed by atoms with van der Waals surface area (Å²) in [5, 5.41) is 13.5. The second kappa shape index (κ2) is 4.84. The molecule has 0 amide bonds. The lowest BCUT2D eigenvalue weighted by Crippen LogP contribution is -1.89. The molecule has 1 N–H and O–H groups in total. The standard InChI is InChI=1S/C11H12N2O4/c1-15-6-10-12-11(17-13-10)8-4-3-7(16-2)5-9(8)14/h3-5,14H,6H2,1-2H3. The molecule has 2 aromatic rings. The van der Waals surface area contributed by atoms with Crippen molar-refractivity contribution in [3.63, 3.8) is 0 Å². The average Bonchev–Trinajstić information content (AvgIpc) is 2.78. The normalized spacial score (nSPS) is 10.5. The molecule has 0 saturated carbocycles. The van der Waals surface area contributed by atoms with E-state index in [0.29, 0.717) is 17.1 Å². The number of nitrogens with zero attached hydrogens (tertiary/aromatic N) is 2. The van der Waals surface area contributed by atoms with Gasteiger partial charge in [-0.2, -0.15) is 4.98 Å². The van der Waals surface area contributed by atoms with Crippen LogP contribution in [-0.2, 0) is 11.3 Å². The molecule has 0 spiro atoms. The van der Waals surface area contributed by atoms with Crippen LogP contribution < -0.4 is 4.74 Å². The van der Waals surface area contributed by atoms with Crippen molar-refractivity contribution in [3.05, 3.63) is 24.0 Å². The van der Waals surface area contributed by atoms with E-state index in [4.69, 9.17) is 14.0 Å². The highest BCUT2D eigenvalue weighted by Gasteiger charge is 2.13. The molecule has 1 aromatic heterocycles. The maximum absolute atomic E-state index is 9.78. The van der Waals surface area contributed by atoms with Crippen molar-refractivity contribution in [1.82, 2.24) is 10.1 Å². The fourth-order valence-corrected chi connectivity index (χ4v) is 1.37. The third kappa shape index (κ3) is 2.36. The minimum Gasteiger partial charge on any atom is -0.507 e. The molecule has 2 rings (SSSR count). The molecule has 17 heavy (non-hydrogen) atoms. The molecule has 0 aliphatic carbocycles. The monoisotopic (exact) mass is 236 g/mol. The van der Waals surface area contributed by atoms with Gasteiger partial charge in [0.25, 0.3) is 5.89 Å². The highest BCUT2D eigenvalue weighted by atomic mass is 16.5. The summed E-state index contributed by atoms with van der Waals surface area (Å²) in [4.78, 5) is 4.08. The van der Waals surface area contributed by atoms with Gasteiger partial charge in [-0.3, -0.25) is 0 Å². The molecule has 6 nitrogen and oxygen atoms in total. The van der Waals surface area contributed by atoms with Gasteiger partial charge in [-0.05, 0) is 12.1 Å². The van der Waals surface area contributed by atoms with Crippen molar-refractivity contribution in [2.45, 2.75) is 6.61 Å². The minimum atomic E-state index is 0.0250. The molecule has 1 aromatic carbocycles. The van der Waals surface area contributed by atoms with Crippen molar-refractivity contribution in [2.24, 2.45) is 0 Å². The number of phenolic OH excluding ortho intramolecular Hbond substituents is 1. The number of aromatic nitrogens is 2. The van der Waals surface area contributed by atoms with Crippen LogP contribution in [0.2, 0.25) is 0 Å². The van der Waals surface area contributed by atoms with E-state index < -0.39 is 0 Å². The van der Waals surface area contributed by atoms with E-state index in [2.05, 4.69) is 10.1 Å². The first-order valence-corrected chi connectivity index (χ1v) is 4.93. The zero-order valence-corrected chi connectivity index (χ0v) is 9.51. The van der Waals surface area contributed by atoms with E-state index in [9.17, 15) is 5.11 Å². The quantitative estimate of drug-likeness (QED) is 0.868. The second-order valence-electron chi connectivity index (χ2n) is 3.33. The van der Waals surface area contributed by atoms with Crippen LogP contribution in [0.5, 0.6) is 11.5 Å². The Morgan fingerprint density at radius 1 is 1.35 bits per heavy atom. The zero-order valence-electron chi connectivity index (χ0n) is 9.51. The molecule has 0 atom stereocenters. The first-order chi connectivity index (χ1) is 8.24. The van der Waals surface area contributed by atoms with Crippen LogP contribution in [0, 0.1) is 0 Å². The summed E-state index contributed by atoms with van der Waals surface area (Å²) in [5.74, 6) is 1.26. The van der Waals surface area contributed by atoms with Gasteiger partial charge in [0.15, 0.2) is 5.82 Å². The van der Waals surface area contributed by atoms with Gasteiger partial charge in [-0.25, -0.2) is 0 Å². The van der Waals surface area contributed by atoms with Crippen LogP contribution in [0.25, 0.3) is 11.5 Å². The first-order valence-electron chi connectivity index (χ1n) is 4.93. The van der Waals surface area contributed by atoms with E-state index >= 15 is 0 Å². The lowest BCUT2D eigenvalue weighted by molar-refractivity contribution is 0.174. The molecular formula is C11H12N2O4. The number of phenols is 1. The number of aromatic hydroxyl groups is 1. The summed E-state index contributed by atoms with van der Waals surface area (Å²) < 4.78 is 14.9. The van der Waals surface area contributed by atoms with Gasteiger partial charge in [0.2, 0.25) is 0 Å². The Morgan fingerprint density at radius 3 is 2.82 bits per heavy atom. The third-order valence-corrected chi connectivity index (χ3v) is 2.18. The Hall–Kier alpha value is -2.08. The number of hydrogen-bond donors (Lipinski definition) is 1. The van der Waals surface area contributed by atoms with E-state index in [-0.39, 0.29) is 18.2 Å². The van der Waals surface area contributed by atoms with Gasteiger partial charge in [0.1, 0.15) is 18.1 Å². The van der Waals surface area contributed by atoms with Gasteiger partial charge in [-0.1, -0.05) is 5.16 Å². The van der Waals surface area contributed by atoms with Crippen molar-refractivity contribution in [3.8, 4) is 23.0 Å². The fraction of sp³-hybridized carbons (Fsp3) is 0.273. The summed E-state index contributed by atoms with van der Waals surface area (Å²) in [6.45, 7) is 0.264. The Labute approximate surface area is 97.8 Å². The molecule has 1 heterocycles. The van der Waals surface area contributed by atoms with Crippen LogP contribution in [-0.4, -0.2) is 29.5 Å². The van der Waals surface area contributed by atoms with Gasteiger partial charge < -0.3 is 19.1 Å². The van der Waals surface area contributed by atoms with E-state index in [1.807, 2.05) is 0 Å². The van der Waals surface area contributed by atoms with E-state index in [1.165, 1.54) is 13.2 Å². The minimum absolute atomic E-state index is 0.0250. The maximum Gasteiger partial charge on any atom is 0.261 e. The number of benzene rings is 1. The summed E-state index contributed by atoms with van der Waals surface area (Å²) in [5.41, 5.74) is 0.459. The fourth-order valence-electron chi connectivity index (χ4n) is 1.37. The number of hydrogen-bond acceptors (Lipinski definition) is 6. The number of ether oxygens (including phenoxy) is 2. The van der Waals surface area contributed by atoms with Gasteiger partial charge in [0, 0.05) is 13.2 Å². The van der Waals surface area contributed by atoms with Gasteiger partial charge in [0.05, 0.1) is 12.7 Å². The van der Waals surface area contributed by atoms with Crippen LogP contribution in [0.4, 0.5) is 0 Å². The topological polar surface area (TPSA) is 77.6 Å². The molecule has 0 radical (unpaired) electrons. The highest BCUT2D eigenvalue weighted by Crippen LogP contribution is 2.31. The maximum atomic E-state index is 9.78. The number of rotatable bonds is 4. The predicted octanol–water partition coefficient (Wildman–Crippen LogP) is 1.60. The highest BCUT2D eigenvalue weighted by molar-refractivity contribution is 5.63. The summed E-state index contributed by atoms with van der Waals surface area (Å²) >= 11 is 0. The predicted molar refractivity (Wildman–Crippen MR) is 58.7 cm³/mol. The third-order valence-electron chi connectivity index (χ3n) is 2.18. The Kier molecular flexibility index (Phi) is 3.24. The van der Waals surface area contributed by atoms with Gasteiger partial charge >= 0.3 is 0 Å². The van der Waals surface area contributed by atoms with Crippen molar-refractivity contribution >= 4 is 0 Å². The van der Waals surface area contributed by atoms with Crippen LogP contribution in [0.1, 0.15) is 5.82 Å². The van der Waals surface area contributed by atoms with Crippen molar-refractivity contribution in [1.29, 1.82) is 0 Å². The molecule has 0 unspecified atom stereocenters. The summed E-state index contributed by atoms with van der Waals surface area (Å²) in [6, 6.07) is 4.84. The van der Waals surface area contributed by atoms with Crippen LogP contribution >= 0.6 is 0 Å². The Morgan fingerprint density at radius 2 is 2.18 bits per heavy atom. The zero-order chi connectivity index (χ0) is 12.3. The lowest BCUT2D eigenvalue weighted by Gasteiger charge is -2.02. The lowest BCUT2D eigenvalue weighted by atomic mass is 10.2. The molecule has 0 saturated heterocycles. The summed E-state index contributed by atoms with van der Waals surface area (Å²) in [7, 11) is 3.07. The second-order valence-corrected chi connectivity index (χ2v) is 3.33. The summed E-state index contributed by atoms with van der Waals surface area (Å²) in [6.07, 6.45) is 0.